The summed E-state index contributed by atoms with van der Waals surface area (Å²) in [5.74, 6) is 0.487. The predicted octanol–water partition coefficient (Wildman–Crippen LogP) is 3.06. The lowest BCUT2D eigenvalue weighted by Crippen LogP contribution is -2.20. The number of hydrogen-bond donors (Lipinski definition) is 1. The molecular formula is C12H20O. The van der Waals surface area contributed by atoms with E-state index in [1.54, 1.807) is 0 Å². The van der Waals surface area contributed by atoms with Gasteiger partial charge in [-0.05, 0) is 45.4 Å². The number of aliphatic hydroxyl groups is 1. The molecule has 0 saturated carbocycles. The van der Waals surface area contributed by atoms with Crippen molar-refractivity contribution in [1.29, 1.82) is 0 Å². The Morgan fingerprint density at radius 1 is 1.54 bits per heavy atom. The zero-order valence-corrected chi connectivity index (χ0v) is 8.66. The van der Waals surface area contributed by atoms with E-state index in [1.807, 2.05) is 6.08 Å². The topological polar surface area (TPSA) is 20.2 Å². The van der Waals surface area contributed by atoms with E-state index >= 15 is 0 Å². The minimum Gasteiger partial charge on any atom is -0.389 e. The van der Waals surface area contributed by atoms with E-state index in [1.165, 1.54) is 5.57 Å². The molecule has 0 saturated heterocycles. The van der Waals surface area contributed by atoms with E-state index in [2.05, 4.69) is 26.0 Å². The van der Waals surface area contributed by atoms with Crippen LogP contribution in [0.1, 0.15) is 39.5 Å². The van der Waals surface area contributed by atoms with Crippen LogP contribution in [0, 0.1) is 5.92 Å². The summed E-state index contributed by atoms with van der Waals surface area (Å²) in [5.41, 5.74) is 1.38. The first-order valence-electron chi connectivity index (χ1n) is 5.18. The van der Waals surface area contributed by atoms with E-state index in [0.29, 0.717) is 5.92 Å². The lowest BCUT2D eigenvalue weighted by molar-refractivity contribution is 0.135. The van der Waals surface area contributed by atoms with Gasteiger partial charge < -0.3 is 5.11 Å². The second kappa shape index (κ2) is 5.23. The largest absolute Gasteiger partial charge is 0.389 e. The zero-order valence-electron chi connectivity index (χ0n) is 8.66. The van der Waals surface area contributed by atoms with E-state index in [-0.39, 0.29) is 6.10 Å². The molecule has 0 bridgehead atoms. The fourth-order valence-electron chi connectivity index (χ4n) is 1.78. The fraction of sp³-hybridized carbons (Fsp3) is 0.667. The van der Waals surface area contributed by atoms with Gasteiger partial charge in [0.15, 0.2) is 0 Å². The molecule has 13 heavy (non-hydrogen) atoms. The van der Waals surface area contributed by atoms with Gasteiger partial charge in [0.2, 0.25) is 0 Å². The summed E-state index contributed by atoms with van der Waals surface area (Å²) in [5, 5.41) is 9.63. The first-order chi connectivity index (χ1) is 6.20. The van der Waals surface area contributed by atoms with Crippen molar-refractivity contribution in [2.75, 3.05) is 0 Å². The first kappa shape index (κ1) is 10.5. The highest BCUT2D eigenvalue weighted by Gasteiger charge is 2.17. The molecule has 2 atom stereocenters. The molecule has 0 aliphatic heterocycles. The van der Waals surface area contributed by atoms with E-state index < -0.39 is 0 Å². The average molecular weight is 180 g/mol. The summed E-state index contributed by atoms with van der Waals surface area (Å²) in [6, 6.07) is 0. The fourth-order valence-corrected chi connectivity index (χ4v) is 1.78. The lowest BCUT2D eigenvalue weighted by atomic mass is 9.88. The van der Waals surface area contributed by atoms with Gasteiger partial charge in [0.1, 0.15) is 0 Å². The van der Waals surface area contributed by atoms with Crippen molar-refractivity contribution in [3.05, 3.63) is 23.8 Å². The molecule has 1 N–H and O–H groups in total. The van der Waals surface area contributed by atoms with E-state index in [9.17, 15) is 5.11 Å². The highest BCUT2D eigenvalue weighted by molar-refractivity contribution is 4.99. The molecule has 74 valence electrons. The zero-order chi connectivity index (χ0) is 9.68. The minimum atomic E-state index is -0.195. The minimum absolute atomic E-state index is 0.195. The van der Waals surface area contributed by atoms with Gasteiger partial charge in [-0.15, -0.1) is 0 Å². The van der Waals surface area contributed by atoms with Crippen molar-refractivity contribution in [3.8, 4) is 0 Å². The summed E-state index contributed by atoms with van der Waals surface area (Å²) in [6.45, 7) is 4.24. The SMILES string of the molecule is CC(C)=CCCC1CCC=CC1O. The summed E-state index contributed by atoms with van der Waals surface area (Å²) >= 11 is 0. The Labute approximate surface area is 81.2 Å². The quantitative estimate of drug-likeness (QED) is 0.662. The Morgan fingerprint density at radius 3 is 2.92 bits per heavy atom. The van der Waals surface area contributed by atoms with Gasteiger partial charge in [0, 0.05) is 0 Å². The van der Waals surface area contributed by atoms with Crippen LogP contribution >= 0.6 is 0 Å². The maximum atomic E-state index is 9.63. The maximum Gasteiger partial charge on any atom is 0.0749 e. The van der Waals surface area contributed by atoms with Crippen molar-refractivity contribution >= 4 is 0 Å². The third kappa shape index (κ3) is 3.77. The van der Waals surface area contributed by atoms with Crippen LogP contribution in [0.3, 0.4) is 0 Å². The van der Waals surface area contributed by atoms with Crippen LogP contribution in [0.2, 0.25) is 0 Å². The molecule has 0 fully saturated rings. The third-order valence-corrected chi connectivity index (χ3v) is 2.61. The Bertz CT molecular complexity index is 199. The molecule has 1 nitrogen and oxygen atoms in total. The Morgan fingerprint density at radius 2 is 2.31 bits per heavy atom. The van der Waals surface area contributed by atoms with Crippen LogP contribution in [-0.4, -0.2) is 11.2 Å². The number of hydrogen-bond acceptors (Lipinski definition) is 1. The van der Waals surface area contributed by atoms with Crippen LogP contribution in [0.25, 0.3) is 0 Å². The Balaban J connectivity index is 2.28. The van der Waals surface area contributed by atoms with Gasteiger partial charge >= 0.3 is 0 Å². The van der Waals surface area contributed by atoms with Crippen molar-refractivity contribution in [2.45, 2.75) is 45.6 Å². The molecule has 0 aromatic rings. The molecule has 0 aromatic carbocycles. The first-order valence-corrected chi connectivity index (χ1v) is 5.18. The summed E-state index contributed by atoms with van der Waals surface area (Å²) in [4.78, 5) is 0. The van der Waals surface area contributed by atoms with Crippen molar-refractivity contribution < 1.29 is 5.11 Å². The highest BCUT2D eigenvalue weighted by atomic mass is 16.3. The normalized spacial score (nSPS) is 27.3. The van der Waals surface area contributed by atoms with Gasteiger partial charge in [-0.2, -0.15) is 0 Å². The molecule has 1 rings (SSSR count). The molecule has 1 aliphatic carbocycles. The molecule has 1 aliphatic rings. The van der Waals surface area contributed by atoms with Crippen LogP contribution in [0.4, 0.5) is 0 Å². The highest BCUT2D eigenvalue weighted by Crippen LogP contribution is 2.23. The van der Waals surface area contributed by atoms with Crippen LogP contribution in [0.15, 0.2) is 23.8 Å². The second-order valence-electron chi connectivity index (χ2n) is 4.11. The van der Waals surface area contributed by atoms with Crippen molar-refractivity contribution in [3.63, 3.8) is 0 Å². The monoisotopic (exact) mass is 180 g/mol. The van der Waals surface area contributed by atoms with E-state index in [0.717, 1.165) is 25.7 Å². The van der Waals surface area contributed by atoms with Gasteiger partial charge in [-0.1, -0.05) is 23.8 Å². The van der Waals surface area contributed by atoms with Gasteiger partial charge in [0.05, 0.1) is 6.10 Å². The molecule has 0 amide bonds. The van der Waals surface area contributed by atoms with Gasteiger partial charge in [0.25, 0.3) is 0 Å². The molecular weight excluding hydrogens is 160 g/mol. The maximum absolute atomic E-state index is 9.63. The molecule has 2 unspecified atom stereocenters. The van der Waals surface area contributed by atoms with Crippen molar-refractivity contribution in [2.24, 2.45) is 5.92 Å². The molecule has 0 radical (unpaired) electrons. The Hall–Kier alpha value is -0.560. The number of allylic oxidation sites excluding steroid dienone is 3. The van der Waals surface area contributed by atoms with Gasteiger partial charge in [-0.3, -0.25) is 0 Å². The Kier molecular flexibility index (Phi) is 4.23. The van der Waals surface area contributed by atoms with Crippen LogP contribution in [-0.2, 0) is 0 Å². The number of rotatable bonds is 3. The number of aliphatic hydroxyl groups excluding tert-OH is 1. The summed E-state index contributed by atoms with van der Waals surface area (Å²) in [7, 11) is 0. The smallest absolute Gasteiger partial charge is 0.0749 e. The van der Waals surface area contributed by atoms with Gasteiger partial charge in [-0.25, -0.2) is 0 Å². The van der Waals surface area contributed by atoms with Crippen LogP contribution < -0.4 is 0 Å². The third-order valence-electron chi connectivity index (χ3n) is 2.61. The molecule has 0 spiro atoms. The second-order valence-corrected chi connectivity index (χ2v) is 4.11. The van der Waals surface area contributed by atoms with E-state index in [4.69, 9.17) is 0 Å². The van der Waals surface area contributed by atoms with Crippen LogP contribution in [0.5, 0.6) is 0 Å². The average Bonchev–Trinajstić information content (AvgIpc) is 2.08. The molecule has 1 heteroatoms. The summed E-state index contributed by atoms with van der Waals surface area (Å²) in [6.07, 6.45) is 10.6. The molecule has 0 heterocycles. The van der Waals surface area contributed by atoms with Crippen molar-refractivity contribution in [1.82, 2.24) is 0 Å². The standard InChI is InChI=1S/C12H20O/c1-10(2)6-5-8-11-7-3-4-9-12(11)13/h4,6,9,11-13H,3,5,7-8H2,1-2H3. The molecule has 0 aromatic heterocycles. The predicted molar refractivity (Wildman–Crippen MR) is 56.5 cm³/mol. The lowest BCUT2D eigenvalue weighted by Gasteiger charge is -2.22. The summed E-state index contributed by atoms with van der Waals surface area (Å²) < 4.78 is 0.